The van der Waals surface area contributed by atoms with E-state index >= 15 is 0 Å². The Morgan fingerprint density at radius 2 is 1.73 bits per heavy atom. The molecule has 0 radical (unpaired) electrons. The summed E-state index contributed by atoms with van der Waals surface area (Å²) in [5.74, 6) is 0. The standard InChI is InChI=1S/C18H12Cl2N2/c19-12-5-6-13-15(7-12)18(14-3-1-2-4-17(14)20)22-9-11-8-21-10-16(11)13/h1-8,10,21H,9H2. The van der Waals surface area contributed by atoms with Gasteiger partial charge in [-0.15, -0.1) is 0 Å². The van der Waals surface area contributed by atoms with Gasteiger partial charge in [-0.2, -0.15) is 0 Å². The van der Waals surface area contributed by atoms with Crippen LogP contribution < -0.4 is 0 Å². The molecule has 1 aromatic heterocycles. The van der Waals surface area contributed by atoms with Crippen LogP contribution in [0, 0.1) is 0 Å². The minimum atomic E-state index is 0.617. The van der Waals surface area contributed by atoms with Crippen molar-refractivity contribution in [2.45, 2.75) is 6.54 Å². The van der Waals surface area contributed by atoms with Gasteiger partial charge in [0, 0.05) is 39.1 Å². The fourth-order valence-electron chi connectivity index (χ4n) is 2.86. The molecular formula is C18H12Cl2N2. The average Bonchev–Trinajstić information content (AvgIpc) is 2.92. The molecule has 0 atom stereocenters. The minimum absolute atomic E-state index is 0.617. The number of aromatic nitrogens is 1. The van der Waals surface area contributed by atoms with Crippen molar-refractivity contribution in [3.8, 4) is 11.1 Å². The molecule has 0 aliphatic carbocycles. The highest BCUT2D eigenvalue weighted by Crippen LogP contribution is 2.35. The molecule has 22 heavy (non-hydrogen) atoms. The van der Waals surface area contributed by atoms with Gasteiger partial charge >= 0.3 is 0 Å². The molecule has 0 saturated heterocycles. The van der Waals surface area contributed by atoms with E-state index in [1.165, 1.54) is 5.56 Å². The molecular weight excluding hydrogens is 315 g/mol. The molecule has 1 aliphatic rings. The molecule has 1 N–H and O–H groups in total. The van der Waals surface area contributed by atoms with E-state index in [2.05, 4.69) is 4.98 Å². The second-order valence-corrected chi connectivity index (χ2v) is 6.07. The van der Waals surface area contributed by atoms with E-state index in [4.69, 9.17) is 28.2 Å². The third kappa shape index (κ3) is 2.16. The Morgan fingerprint density at radius 1 is 0.864 bits per heavy atom. The summed E-state index contributed by atoms with van der Waals surface area (Å²) in [6, 6.07) is 13.7. The van der Waals surface area contributed by atoms with E-state index in [1.54, 1.807) is 0 Å². The van der Waals surface area contributed by atoms with Crippen molar-refractivity contribution in [1.82, 2.24) is 4.98 Å². The Labute approximate surface area is 138 Å². The lowest BCUT2D eigenvalue weighted by Crippen LogP contribution is -2.05. The molecule has 4 heteroatoms. The first-order valence-corrected chi connectivity index (χ1v) is 7.75. The van der Waals surface area contributed by atoms with E-state index in [0.717, 1.165) is 28.0 Å². The second kappa shape index (κ2) is 5.31. The third-order valence-electron chi connectivity index (χ3n) is 3.89. The van der Waals surface area contributed by atoms with Gasteiger partial charge in [0.15, 0.2) is 0 Å². The number of aromatic amines is 1. The van der Waals surface area contributed by atoms with Crippen LogP contribution in [0.4, 0.5) is 0 Å². The average molecular weight is 327 g/mol. The zero-order chi connectivity index (χ0) is 15.1. The Balaban J connectivity index is 2.01. The SMILES string of the molecule is Clc1ccc2c(c1)C(c1ccccc1Cl)=NCc1c[nH]cc1-2. The van der Waals surface area contributed by atoms with Gasteiger partial charge in [-0.05, 0) is 29.3 Å². The number of hydrogen-bond acceptors (Lipinski definition) is 1. The van der Waals surface area contributed by atoms with Crippen molar-refractivity contribution < 1.29 is 0 Å². The lowest BCUT2D eigenvalue weighted by molar-refractivity contribution is 1.08. The second-order valence-electron chi connectivity index (χ2n) is 5.23. The van der Waals surface area contributed by atoms with Crippen LogP contribution in [0.1, 0.15) is 16.7 Å². The van der Waals surface area contributed by atoms with Gasteiger partial charge in [0.25, 0.3) is 0 Å². The lowest BCUT2D eigenvalue weighted by Gasteiger charge is -2.12. The molecule has 2 nitrogen and oxygen atoms in total. The largest absolute Gasteiger partial charge is 0.367 e. The molecule has 1 aliphatic heterocycles. The Kier molecular flexibility index (Phi) is 3.29. The first-order valence-electron chi connectivity index (χ1n) is 6.99. The van der Waals surface area contributed by atoms with Gasteiger partial charge in [-0.1, -0.05) is 47.5 Å². The first kappa shape index (κ1) is 13.6. The maximum atomic E-state index is 6.38. The normalized spacial score (nSPS) is 13.1. The van der Waals surface area contributed by atoms with Gasteiger partial charge in [0.1, 0.15) is 0 Å². The summed E-state index contributed by atoms with van der Waals surface area (Å²) in [5.41, 5.74) is 6.29. The molecule has 0 bridgehead atoms. The molecule has 2 aromatic carbocycles. The number of nitrogens with one attached hydrogen (secondary N) is 1. The molecule has 0 saturated carbocycles. The summed E-state index contributed by atoms with van der Waals surface area (Å²) < 4.78 is 0. The Morgan fingerprint density at radius 3 is 2.59 bits per heavy atom. The van der Waals surface area contributed by atoms with E-state index in [-0.39, 0.29) is 0 Å². The predicted octanol–water partition coefficient (Wildman–Crippen LogP) is 5.34. The molecule has 0 unspecified atom stereocenters. The summed E-state index contributed by atoms with van der Waals surface area (Å²) >= 11 is 12.6. The maximum Gasteiger partial charge on any atom is 0.0744 e. The highest BCUT2D eigenvalue weighted by molar-refractivity contribution is 6.36. The minimum Gasteiger partial charge on any atom is -0.367 e. The fourth-order valence-corrected chi connectivity index (χ4v) is 3.26. The van der Waals surface area contributed by atoms with Crippen LogP contribution in [0.3, 0.4) is 0 Å². The van der Waals surface area contributed by atoms with E-state index < -0.39 is 0 Å². The summed E-state index contributed by atoms with van der Waals surface area (Å²) in [7, 11) is 0. The van der Waals surface area contributed by atoms with Crippen molar-refractivity contribution in [2.75, 3.05) is 0 Å². The van der Waals surface area contributed by atoms with Gasteiger partial charge in [-0.25, -0.2) is 0 Å². The molecule has 2 heterocycles. The van der Waals surface area contributed by atoms with Crippen molar-refractivity contribution in [3.05, 3.63) is 81.6 Å². The number of nitrogens with zero attached hydrogens (tertiary/aromatic N) is 1. The van der Waals surface area contributed by atoms with E-state index in [1.807, 2.05) is 54.9 Å². The number of benzene rings is 2. The zero-order valence-corrected chi connectivity index (χ0v) is 13.1. The zero-order valence-electron chi connectivity index (χ0n) is 11.6. The summed E-state index contributed by atoms with van der Waals surface area (Å²) in [5, 5.41) is 1.39. The van der Waals surface area contributed by atoms with Crippen molar-refractivity contribution >= 4 is 28.9 Å². The number of fused-ring (bicyclic) bond motifs is 3. The number of rotatable bonds is 1. The monoisotopic (exact) mass is 326 g/mol. The van der Waals surface area contributed by atoms with Crippen LogP contribution in [0.5, 0.6) is 0 Å². The molecule has 3 aromatic rings. The lowest BCUT2D eigenvalue weighted by atomic mass is 9.94. The van der Waals surface area contributed by atoms with Gasteiger partial charge in [0.2, 0.25) is 0 Å². The first-order chi connectivity index (χ1) is 10.7. The van der Waals surface area contributed by atoms with Crippen molar-refractivity contribution in [1.29, 1.82) is 0 Å². The van der Waals surface area contributed by atoms with Gasteiger partial charge in [0.05, 0.1) is 12.3 Å². The summed E-state index contributed by atoms with van der Waals surface area (Å²) in [4.78, 5) is 7.97. The number of halogens is 2. The summed E-state index contributed by atoms with van der Waals surface area (Å²) in [6.07, 6.45) is 4.00. The molecule has 0 fully saturated rings. The fraction of sp³-hybridized carbons (Fsp3) is 0.0556. The molecule has 0 amide bonds. The van der Waals surface area contributed by atoms with Gasteiger partial charge < -0.3 is 4.98 Å². The smallest absolute Gasteiger partial charge is 0.0744 e. The summed E-state index contributed by atoms with van der Waals surface area (Å²) in [6.45, 7) is 0.617. The maximum absolute atomic E-state index is 6.38. The van der Waals surface area contributed by atoms with Gasteiger partial charge in [-0.3, -0.25) is 4.99 Å². The van der Waals surface area contributed by atoms with E-state index in [9.17, 15) is 0 Å². The van der Waals surface area contributed by atoms with Crippen LogP contribution >= 0.6 is 23.2 Å². The highest BCUT2D eigenvalue weighted by atomic mass is 35.5. The topological polar surface area (TPSA) is 28.1 Å². The predicted molar refractivity (Wildman–Crippen MR) is 92.0 cm³/mol. The van der Waals surface area contributed by atoms with Crippen LogP contribution in [-0.2, 0) is 6.54 Å². The molecule has 4 rings (SSSR count). The number of H-pyrrole nitrogens is 1. The van der Waals surface area contributed by atoms with E-state index in [0.29, 0.717) is 16.6 Å². The molecule has 0 spiro atoms. The van der Waals surface area contributed by atoms with Crippen molar-refractivity contribution in [2.24, 2.45) is 4.99 Å². The van der Waals surface area contributed by atoms with Crippen LogP contribution in [0.15, 0.2) is 59.9 Å². The Bertz CT molecular complexity index is 894. The third-order valence-corrected chi connectivity index (χ3v) is 4.46. The van der Waals surface area contributed by atoms with Crippen molar-refractivity contribution in [3.63, 3.8) is 0 Å². The molecule has 108 valence electrons. The number of hydrogen-bond donors (Lipinski definition) is 1. The highest BCUT2D eigenvalue weighted by Gasteiger charge is 2.20. The quantitative estimate of drug-likeness (QED) is 0.625. The number of aliphatic imine (C=N–C) groups is 1. The van der Waals surface area contributed by atoms with Crippen LogP contribution in [0.25, 0.3) is 11.1 Å². The van der Waals surface area contributed by atoms with Crippen LogP contribution in [-0.4, -0.2) is 10.7 Å². The van der Waals surface area contributed by atoms with Crippen LogP contribution in [0.2, 0.25) is 10.0 Å². The Hall–Kier alpha value is -2.03.